The molecule has 7 nitrogen and oxygen atoms in total. The molecule has 4 N–H and O–H groups in total. The standard InChI is InChI=1S/C22H25N3O4/c1-28-17-5-2-14(3-6-17)18(9-11-26)22(27)25-10-8-16-13-29-20-7-4-15(21(23)24)12-19(16)20/h2-7,11-12,16,18H,8-10,13H2,1H3,(H3,23,24)(H,25,27). The molecule has 2 atom stereocenters. The Balaban J connectivity index is 1.61. The molecule has 2 unspecified atom stereocenters. The monoisotopic (exact) mass is 395 g/mol. The van der Waals surface area contributed by atoms with Crippen LogP contribution in [0.1, 0.15) is 41.4 Å². The van der Waals surface area contributed by atoms with E-state index in [4.69, 9.17) is 20.6 Å². The minimum atomic E-state index is -0.533. The summed E-state index contributed by atoms with van der Waals surface area (Å²) in [6, 6.07) is 12.6. The highest BCUT2D eigenvalue weighted by molar-refractivity contribution is 5.95. The maximum absolute atomic E-state index is 12.7. The quantitative estimate of drug-likeness (QED) is 0.342. The van der Waals surface area contributed by atoms with Gasteiger partial charge in [-0.2, -0.15) is 0 Å². The summed E-state index contributed by atoms with van der Waals surface area (Å²) in [6.07, 6.45) is 1.57. The van der Waals surface area contributed by atoms with Crippen molar-refractivity contribution in [2.75, 3.05) is 20.3 Å². The van der Waals surface area contributed by atoms with E-state index in [1.807, 2.05) is 12.1 Å². The number of methoxy groups -OCH3 is 1. The summed E-state index contributed by atoms with van der Waals surface area (Å²) in [7, 11) is 1.58. The molecular formula is C22H25N3O4. The molecule has 7 heteroatoms. The summed E-state index contributed by atoms with van der Waals surface area (Å²) < 4.78 is 10.8. The molecule has 0 saturated carbocycles. The first-order valence-electron chi connectivity index (χ1n) is 9.50. The zero-order valence-corrected chi connectivity index (χ0v) is 16.3. The van der Waals surface area contributed by atoms with Crippen molar-refractivity contribution in [1.82, 2.24) is 5.32 Å². The van der Waals surface area contributed by atoms with Gasteiger partial charge in [0.25, 0.3) is 0 Å². The van der Waals surface area contributed by atoms with E-state index in [0.29, 0.717) is 30.9 Å². The van der Waals surface area contributed by atoms with Crippen LogP contribution in [0.5, 0.6) is 11.5 Å². The topological polar surface area (TPSA) is 115 Å². The number of nitrogen functional groups attached to an aromatic ring is 1. The predicted octanol–water partition coefficient (Wildman–Crippen LogP) is 2.33. The van der Waals surface area contributed by atoms with Crippen LogP contribution in [0, 0.1) is 5.41 Å². The lowest BCUT2D eigenvalue weighted by Gasteiger charge is -2.16. The van der Waals surface area contributed by atoms with Crippen LogP contribution >= 0.6 is 0 Å². The van der Waals surface area contributed by atoms with Gasteiger partial charge < -0.3 is 25.3 Å². The third kappa shape index (κ3) is 4.74. The minimum absolute atomic E-state index is 0.0166. The first kappa shape index (κ1) is 20.4. The number of carbonyl (C=O) groups is 2. The van der Waals surface area contributed by atoms with E-state index in [0.717, 1.165) is 23.2 Å². The van der Waals surface area contributed by atoms with Crippen LogP contribution in [0.3, 0.4) is 0 Å². The van der Waals surface area contributed by atoms with E-state index in [1.54, 1.807) is 37.4 Å². The first-order valence-corrected chi connectivity index (χ1v) is 9.50. The van der Waals surface area contributed by atoms with Gasteiger partial charge >= 0.3 is 0 Å². The van der Waals surface area contributed by atoms with Crippen LogP contribution in [-0.4, -0.2) is 38.3 Å². The van der Waals surface area contributed by atoms with Gasteiger partial charge in [0.15, 0.2) is 0 Å². The Morgan fingerprint density at radius 3 is 2.76 bits per heavy atom. The van der Waals surface area contributed by atoms with Crippen LogP contribution in [-0.2, 0) is 9.59 Å². The van der Waals surface area contributed by atoms with E-state index in [2.05, 4.69) is 5.32 Å². The number of aldehydes is 1. The number of ether oxygens (including phenoxy) is 2. The number of amides is 1. The predicted molar refractivity (Wildman–Crippen MR) is 110 cm³/mol. The van der Waals surface area contributed by atoms with Crippen LogP contribution in [0.15, 0.2) is 42.5 Å². The van der Waals surface area contributed by atoms with Crippen molar-refractivity contribution in [1.29, 1.82) is 5.41 Å². The van der Waals surface area contributed by atoms with Gasteiger partial charge in [-0.1, -0.05) is 12.1 Å². The fourth-order valence-corrected chi connectivity index (χ4v) is 3.51. The Morgan fingerprint density at radius 1 is 1.34 bits per heavy atom. The van der Waals surface area contributed by atoms with Crippen LogP contribution in [0.2, 0.25) is 0 Å². The van der Waals surface area contributed by atoms with Crippen molar-refractivity contribution in [2.45, 2.75) is 24.7 Å². The number of nitrogens with one attached hydrogen (secondary N) is 2. The fraction of sp³-hybridized carbons (Fsp3) is 0.318. The van der Waals surface area contributed by atoms with Gasteiger partial charge in [-0.25, -0.2) is 0 Å². The molecule has 2 aromatic rings. The molecule has 0 aliphatic carbocycles. The average Bonchev–Trinajstić information content (AvgIpc) is 3.14. The number of fused-ring (bicyclic) bond motifs is 1. The Labute approximate surface area is 169 Å². The third-order valence-corrected chi connectivity index (χ3v) is 5.16. The number of benzene rings is 2. The third-order valence-electron chi connectivity index (χ3n) is 5.16. The molecule has 3 rings (SSSR count). The molecule has 1 aliphatic rings. The largest absolute Gasteiger partial charge is 0.497 e. The summed E-state index contributed by atoms with van der Waals surface area (Å²) >= 11 is 0. The molecule has 1 heterocycles. The van der Waals surface area contributed by atoms with Crippen molar-refractivity contribution in [2.24, 2.45) is 5.73 Å². The van der Waals surface area contributed by atoms with E-state index >= 15 is 0 Å². The van der Waals surface area contributed by atoms with Crippen molar-refractivity contribution in [3.8, 4) is 11.5 Å². The smallest absolute Gasteiger partial charge is 0.227 e. The lowest BCUT2D eigenvalue weighted by Crippen LogP contribution is -2.31. The van der Waals surface area contributed by atoms with Gasteiger partial charge in [-0.15, -0.1) is 0 Å². The summed E-state index contributed by atoms with van der Waals surface area (Å²) in [5, 5.41) is 10.5. The lowest BCUT2D eigenvalue weighted by molar-refractivity contribution is -0.124. The summed E-state index contributed by atoms with van der Waals surface area (Å²) in [5.41, 5.74) is 8.02. The number of nitrogens with two attached hydrogens (primary N) is 1. The van der Waals surface area contributed by atoms with Gasteiger partial charge in [-0.05, 0) is 42.3 Å². The molecule has 2 aromatic carbocycles. The SMILES string of the molecule is COc1ccc(C(CC=O)C(=O)NCCC2COc3ccc(C(=N)N)cc32)cc1. The molecule has 152 valence electrons. The molecule has 1 amide bonds. The normalized spacial score (nSPS) is 15.7. The van der Waals surface area contributed by atoms with Crippen LogP contribution in [0.4, 0.5) is 0 Å². The summed E-state index contributed by atoms with van der Waals surface area (Å²) in [4.78, 5) is 23.7. The van der Waals surface area contributed by atoms with Gasteiger partial charge in [0.05, 0.1) is 19.6 Å². The van der Waals surface area contributed by atoms with Gasteiger partial charge in [-0.3, -0.25) is 10.2 Å². The fourth-order valence-electron chi connectivity index (χ4n) is 3.51. The second-order valence-electron chi connectivity index (χ2n) is 6.98. The summed E-state index contributed by atoms with van der Waals surface area (Å²) in [6.45, 7) is 0.991. The highest BCUT2D eigenvalue weighted by Gasteiger charge is 2.26. The number of carbonyl (C=O) groups excluding carboxylic acids is 2. The Kier molecular flexibility index (Phi) is 6.49. The number of hydrogen-bond acceptors (Lipinski definition) is 5. The number of rotatable bonds is 9. The van der Waals surface area contributed by atoms with E-state index < -0.39 is 5.92 Å². The number of hydrogen-bond donors (Lipinski definition) is 3. The second-order valence-corrected chi connectivity index (χ2v) is 6.98. The lowest BCUT2D eigenvalue weighted by atomic mass is 9.94. The van der Waals surface area contributed by atoms with Gasteiger partial charge in [0.2, 0.25) is 5.91 Å². The molecule has 1 aliphatic heterocycles. The molecule has 0 saturated heterocycles. The molecule has 0 spiro atoms. The van der Waals surface area contributed by atoms with Crippen LogP contribution in [0.25, 0.3) is 0 Å². The maximum atomic E-state index is 12.7. The Hall–Kier alpha value is -3.35. The van der Waals surface area contributed by atoms with E-state index in [9.17, 15) is 9.59 Å². The zero-order valence-electron chi connectivity index (χ0n) is 16.3. The van der Waals surface area contributed by atoms with Gasteiger partial charge in [0, 0.05) is 30.0 Å². The maximum Gasteiger partial charge on any atom is 0.227 e. The highest BCUT2D eigenvalue weighted by atomic mass is 16.5. The van der Waals surface area contributed by atoms with Crippen LogP contribution < -0.4 is 20.5 Å². The summed E-state index contributed by atoms with van der Waals surface area (Å²) in [5.74, 6) is 0.916. The second kappa shape index (κ2) is 9.23. The van der Waals surface area contributed by atoms with Gasteiger partial charge in [0.1, 0.15) is 23.6 Å². The van der Waals surface area contributed by atoms with E-state index in [-0.39, 0.29) is 24.1 Å². The minimum Gasteiger partial charge on any atom is -0.497 e. The average molecular weight is 395 g/mol. The van der Waals surface area contributed by atoms with E-state index in [1.165, 1.54) is 0 Å². The zero-order chi connectivity index (χ0) is 20.8. The first-order chi connectivity index (χ1) is 14.0. The molecule has 0 fully saturated rings. The van der Waals surface area contributed by atoms with Crippen molar-refractivity contribution >= 4 is 18.0 Å². The molecule has 0 radical (unpaired) electrons. The van der Waals surface area contributed by atoms with Crippen molar-refractivity contribution < 1.29 is 19.1 Å². The molecular weight excluding hydrogens is 370 g/mol. The highest BCUT2D eigenvalue weighted by Crippen LogP contribution is 2.36. The molecule has 0 aromatic heterocycles. The Morgan fingerprint density at radius 2 is 2.10 bits per heavy atom. The Bertz CT molecular complexity index is 895. The van der Waals surface area contributed by atoms with Crippen molar-refractivity contribution in [3.63, 3.8) is 0 Å². The number of amidine groups is 1. The van der Waals surface area contributed by atoms with Crippen molar-refractivity contribution in [3.05, 3.63) is 59.2 Å². The molecule has 0 bridgehead atoms. The molecule has 29 heavy (non-hydrogen) atoms.